The summed E-state index contributed by atoms with van der Waals surface area (Å²) in [6.07, 6.45) is 0.147. The van der Waals surface area contributed by atoms with Crippen LogP contribution in [-0.4, -0.2) is 35.5 Å². The lowest BCUT2D eigenvalue weighted by atomic mass is 10.1. The van der Waals surface area contributed by atoms with E-state index in [0.717, 1.165) is 22.6 Å². The normalized spacial score (nSPS) is 10.6. The number of halogens is 1. The van der Waals surface area contributed by atoms with E-state index in [1.807, 2.05) is 13.8 Å². The predicted molar refractivity (Wildman–Crippen MR) is 113 cm³/mol. The van der Waals surface area contributed by atoms with Gasteiger partial charge in [-0.05, 0) is 49.7 Å². The second-order valence-electron chi connectivity index (χ2n) is 7.22. The maximum Gasteiger partial charge on any atom is 0.243 e. The number of carbonyl (C=O) groups is 2. The highest BCUT2D eigenvalue weighted by Gasteiger charge is 2.14. The number of nitrogens with one attached hydrogen (secondary N) is 1. The van der Waals surface area contributed by atoms with Crippen LogP contribution in [0.5, 0.6) is 5.75 Å². The third-order valence-corrected chi connectivity index (χ3v) is 4.76. The number of benzene rings is 2. The van der Waals surface area contributed by atoms with E-state index >= 15 is 0 Å². The van der Waals surface area contributed by atoms with Crippen molar-refractivity contribution in [2.75, 3.05) is 18.9 Å². The minimum Gasteiger partial charge on any atom is -0.489 e. The number of anilines is 1. The molecule has 0 saturated carbocycles. The van der Waals surface area contributed by atoms with Gasteiger partial charge in [0.1, 0.15) is 23.9 Å². The summed E-state index contributed by atoms with van der Waals surface area (Å²) in [7, 11) is 1.55. The van der Waals surface area contributed by atoms with Crippen LogP contribution in [0.3, 0.4) is 0 Å². The number of likely N-dealkylation sites (N-methyl/N-ethyl adjacent to an activating group) is 1. The highest BCUT2D eigenvalue weighted by atomic mass is 19.1. The maximum absolute atomic E-state index is 13.2. The largest absolute Gasteiger partial charge is 0.489 e. The molecule has 1 N–H and O–H groups in total. The van der Waals surface area contributed by atoms with E-state index in [9.17, 15) is 14.0 Å². The Bertz CT molecular complexity index is 1040. The smallest absolute Gasteiger partial charge is 0.243 e. The molecule has 0 aliphatic carbocycles. The topological polar surface area (TPSA) is 84.7 Å². The molecule has 1 aromatic heterocycles. The van der Waals surface area contributed by atoms with E-state index in [-0.39, 0.29) is 18.9 Å². The summed E-state index contributed by atoms with van der Waals surface area (Å²) in [4.78, 5) is 25.9. The first-order valence-corrected chi connectivity index (χ1v) is 9.74. The molecule has 3 rings (SSSR count). The van der Waals surface area contributed by atoms with Gasteiger partial charge in [0.2, 0.25) is 11.8 Å². The van der Waals surface area contributed by atoms with Crippen molar-refractivity contribution < 1.29 is 23.2 Å². The second-order valence-corrected chi connectivity index (χ2v) is 7.22. The van der Waals surface area contributed by atoms with E-state index < -0.39 is 11.7 Å². The Kier molecular flexibility index (Phi) is 7.02. The van der Waals surface area contributed by atoms with E-state index in [2.05, 4.69) is 10.5 Å². The summed E-state index contributed by atoms with van der Waals surface area (Å²) < 4.78 is 24.1. The first-order chi connectivity index (χ1) is 14.8. The van der Waals surface area contributed by atoms with Crippen LogP contribution in [0.25, 0.3) is 0 Å². The fourth-order valence-corrected chi connectivity index (χ4v) is 2.95. The number of rotatable bonds is 8. The van der Waals surface area contributed by atoms with Crippen molar-refractivity contribution in [2.24, 2.45) is 0 Å². The minimum absolute atomic E-state index is 0.131. The summed E-state index contributed by atoms with van der Waals surface area (Å²) in [5.74, 6) is 0.341. The Balaban J connectivity index is 1.48. The minimum atomic E-state index is -0.443. The molecule has 8 heteroatoms. The predicted octanol–water partition coefficient (Wildman–Crippen LogP) is 3.65. The van der Waals surface area contributed by atoms with Crippen LogP contribution in [0.4, 0.5) is 10.1 Å². The Morgan fingerprint density at radius 2 is 1.90 bits per heavy atom. The van der Waals surface area contributed by atoms with Crippen LogP contribution >= 0.6 is 0 Å². The van der Waals surface area contributed by atoms with Crippen LogP contribution in [0.15, 0.2) is 53.1 Å². The lowest BCUT2D eigenvalue weighted by molar-refractivity contribution is -0.132. The molecule has 162 valence electrons. The second kappa shape index (κ2) is 9.88. The van der Waals surface area contributed by atoms with Gasteiger partial charge in [0.15, 0.2) is 0 Å². The zero-order chi connectivity index (χ0) is 22.4. The third kappa shape index (κ3) is 6.15. The molecule has 2 amide bonds. The van der Waals surface area contributed by atoms with E-state index in [1.54, 1.807) is 37.4 Å². The molecule has 2 aromatic carbocycles. The van der Waals surface area contributed by atoms with Crippen LogP contribution in [0, 0.1) is 19.7 Å². The Hall–Kier alpha value is -3.68. The zero-order valence-corrected chi connectivity index (χ0v) is 17.6. The zero-order valence-electron chi connectivity index (χ0n) is 17.6. The monoisotopic (exact) mass is 425 g/mol. The first-order valence-electron chi connectivity index (χ1n) is 9.74. The maximum atomic E-state index is 13.2. The van der Waals surface area contributed by atoms with Crippen molar-refractivity contribution in [1.29, 1.82) is 0 Å². The molecule has 0 radical (unpaired) electrons. The standard InChI is InChI=1S/C23H24FN3O4/c1-15-21(16(2)31-26-15)14-30-20-9-7-17(8-10-20)11-23(29)27(3)13-22(28)25-19-6-4-5-18(24)12-19/h4-10,12H,11,13-14H2,1-3H3,(H,25,28). The van der Waals surface area contributed by atoms with Crippen LogP contribution in [0.1, 0.15) is 22.6 Å². The molecule has 0 atom stereocenters. The first kappa shape index (κ1) is 22.0. The van der Waals surface area contributed by atoms with Crippen molar-refractivity contribution in [1.82, 2.24) is 10.1 Å². The highest BCUT2D eigenvalue weighted by molar-refractivity contribution is 5.94. The van der Waals surface area contributed by atoms with E-state index in [0.29, 0.717) is 18.0 Å². The Morgan fingerprint density at radius 3 is 2.55 bits per heavy atom. The van der Waals surface area contributed by atoms with Gasteiger partial charge in [-0.15, -0.1) is 0 Å². The number of aryl methyl sites for hydroxylation is 2. The van der Waals surface area contributed by atoms with Crippen LogP contribution in [-0.2, 0) is 22.6 Å². The lowest BCUT2D eigenvalue weighted by Gasteiger charge is -2.17. The molecule has 0 aliphatic heterocycles. The summed E-state index contributed by atoms with van der Waals surface area (Å²) >= 11 is 0. The fraction of sp³-hybridized carbons (Fsp3) is 0.261. The van der Waals surface area contributed by atoms with Gasteiger partial charge in [-0.25, -0.2) is 4.39 Å². The summed E-state index contributed by atoms with van der Waals surface area (Å²) in [5.41, 5.74) is 2.85. The van der Waals surface area contributed by atoms with Gasteiger partial charge in [0.25, 0.3) is 0 Å². The molecule has 0 spiro atoms. The Morgan fingerprint density at radius 1 is 1.16 bits per heavy atom. The Labute approximate surface area is 179 Å². The molecule has 7 nitrogen and oxygen atoms in total. The highest BCUT2D eigenvalue weighted by Crippen LogP contribution is 2.18. The van der Waals surface area contributed by atoms with Gasteiger partial charge in [0.05, 0.1) is 24.2 Å². The lowest BCUT2D eigenvalue weighted by Crippen LogP contribution is -2.35. The van der Waals surface area contributed by atoms with Crippen molar-refractivity contribution in [3.8, 4) is 5.75 Å². The molecule has 0 unspecified atom stereocenters. The molecule has 0 saturated heterocycles. The van der Waals surface area contributed by atoms with Gasteiger partial charge in [0, 0.05) is 12.7 Å². The number of aromatic nitrogens is 1. The quantitative estimate of drug-likeness (QED) is 0.596. The third-order valence-electron chi connectivity index (χ3n) is 4.76. The summed E-state index contributed by atoms with van der Waals surface area (Å²) in [6, 6.07) is 12.8. The summed E-state index contributed by atoms with van der Waals surface area (Å²) in [6.45, 7) is 3.91. The molecule has 0 aliphatic rings. The molecule has 1 heterocycles. The van der Waals surface area contributed by atoms with Crippen molar-refractivity contribution in [3.63, 3.8) is 0 Å². The van der Waals surface area contributed by atoms with E-state index in [4.69, 9.17) is 9.26 Å². The van der Waals surface area contributed by atoms with Gasteiger partial charge >= 0.3 is 0 Å². The number of hydrogen-bond donors (Lipinski definition) is 1. The van der Waals surface area contributed by atoms with E-state index in [1.165, 1.54) is 23.1 Å². The number of ether oxygens (including phenoxy) is 1. The molecular formula is C23H24FN3O4. The SMILES string of the molecule is Cc1noc(C)c1COc1ccc(CC(=O)N(C)CC(=O)Nc2cccc(F)c2)cc1. The fourth-order valence-electron chi connectivity index (χ4n) is 2.95. The number of nitrogens with zero attached hydrogens (tertiary/aromatic N) is 2. The van der Waals surface area contributed by atoms with Crippen molar-refractivity contribution in [2.45, 2.75) is 26.9 Å². The number of amides is 2. The number of hydrogen-bond acceptors (Lipinski definition) is 5. The van der Waals surface area contributed by atoms with Gasteiger partial charge in [-0.1, -0.05) is 23.4 Å². The van der Waals surface area contributed by atoms with Crippen molar-refractivity contribution in [3.05, 3.63) is 76.9 Å². The summed E-state index contributed by atoms with van der Waals surface area (Å²) in [5, 5.41) is 6.47. The van der Waals surface area contributed by atoms with Crippen LogP contribution in [0.2, 0.25) is 0 Å². The average molecular weight is 425 g/mol. The molecule has 0 fully saturated rings. The number of carbonyl (C=O) groups excluding carboxylic acids is 2. The van der Waals surface area contributed by atoms with Gasteiger partial charge < -0.3 is 19.5 Å². The van der Waals surface area contributed by atoms with Gasteiger partial charge in [-0.3, -0.25) is 9.59 Å². The molecule has 0 bridgehead atoms. The average Bonchev–Trinajstić information content (AvgIpc) is 3.05. The van der Waals surface area contributed by atoms with Crippen molar-refractivity contribution >= 4 is 17.5 Å². The molecular weight excluding hydrogens is 401 g/mol. The van der Waals surface area contributed by atoms with Crippen LogP contribution < -0.4 is 10.1 Å². The van der Waals surface area contributed by atoms with Gasteiger partial charge in [-0.2, -0.15) is 0 Å². The molecule has 31 heavy (non-hydrogen) atoms. The molecule has 3 aromatic rings.